The van der Waals surface area contributed by atoms with Crippen LogP contribution in [0.3, 0.4) is 0 Å². The summed E-state index contributed by atoms with van der Waals surface area (Å²) in [6, 6.07) is 0. The van der Waals surface area contributed by atoms with E-state index in [-0.39, 0.29) is 52.0 Å². The Bertz CT molecular complexity index is 803. The number of cyclic esters (lactones) is 2. The standard InChI is InChI=1S/C12Cl6O3/c13-5-1-2(8(16)10(18)9(17)7(1)15)6(14)4-3(5)11(19)21-12(4)20. The minimum absolute atomic E-state index is 0.0251. The van der Waals surface area contributed by atoms with Crippen LogP contribution in [0.2, 0.25) is 30.1 Å². The van der Waals surface area contributed by atoms with Crippen molar-refractivity contribution in [3.8, 4) is 0 Å². The van der Waals surface area contributed by atoms with Crippen molar-refractivity contribution in [2.75, 3.05) is 0 Å². The van der Waals surface area contributed by atoms with Crippen LogP contribution in [0.15, 0.2) is 0 Å². The van der Waals surface area contributed by atoms with Crippen LogP contribution in [0.4, 0.5) is 0 Å². The summed E-state index contributed by atoms with van der Waals surface area (Å²) < 4.78 is 4.51. The first kappa shape index (κ1) is 15.5. The summed E-state index contributed by atoms with van der Waals surface area (Å²) in [5, 5.41) is -0.0959. The molecule has 0 unspecified atom stereocenters. The lowest BCUT2D eigenvalue weighted by atomic mass is 10.0. The molecule has 9 heteroatoms. The molecular weight excluding hydrogens is 405 g/mol. The highest BCUT2D eigenvalue weighted by Gasteiger charge is 2.38. The van der Waals surface area contributed by atoms with Crippen LogP contribution < -0.4 is 0 Å². The van der Waals surface area contributed by atoms with Crippen LogP contribution >= 0.6 is 69.6 Å². The maximum Gasteiger partial charge on any atom is 0.348 e. The number of carbonyl (C=O) groups is 2. The summed E-state index contributed by atoms with van der Waals surface area (Å²) >= 11 is 36.5. The summed E-state index contributed by atoms with van der Waals surface area (Å²) in [7, 11) is 0. The van der Waals surface area contributed by atoms with Gasteiger partial charge < -0.3 is 4.74 Å². The van der Waals surface area contributed by atoms with E-state index in [0.717, 1.165) is 0 Å². The Morgan fingerprint density at radius 1 is 0.524 bits per heavy atom. The molecule has 0 N–H and O–H groups in total. The first-order chi connectivity index (χ1) is 9.77. The summed E-state index contributed by atoms with van der Waals surface area (Å²) in [6.07, 6.45) is 0. The van der Waals surface area contributed by atoms with E-state index in [4.69, 9.17) is 69.6 Å². The summed E-state index contributed by atoms with van der Waals surface area (Å²) in [6.45, 7) is 0. The summed E-state index contributed by atoms with van der Waals surface area (Å²) in [5.41, 5.74) is -0.342. The van der Waals surface area contributed by atoms with E-state index in [0.29, 0.717) is 0 Å². The van der Waals surface area contributed by atoms with Crippen molar-refractivity contribution in [2.45, 2.75) is 0 Å². The fourth-order valence-corrected chi connectivity index (χ4v) is 3.94. The maximum atomic E-state index is 11.7. The molecule has 1 aliphatic rings. The zero-order chi connectivity index (χ0) is 15.6. The number of rotatable bonds is 0. The minimum Gasteiger partial charge on any atom is -0.386 e. The molecule has 0 atom stereocenters. The van der Waals surface area contributed by atoms with E-state index in [2.05, 4.69) is 4.74 Å². The highest BCUT2D eigenvalue weighted by atomic mass is 35.5. The fourth-order valence-electron chi connectivity index (χ4n) is 2.08. The van der Waals surface area contributed by atoms with E-state index in [1.807, 2.05) is 0 Å². The van der Waals surface area contributed by atoms with Gasteiger partial charge in [-0.3, -0.25) is 0 Å². The number of hydrogen-bond acceptors (Lipinski definition) is 3. The number of esters is 2. The number of halogens is 6. The van der Waals surface area contributed by atoms with Crippen LogP contribution in [0.25, 0.3) is 10.8 Å². The molecule has 0 saturated carbocycles. The van der Waals surface area contributed by atoms with Gasteiger partial charge in [-0.2, -0.15) is 0 Å². The van der Waals surface area contributed by atoms with E-state index in [1.54, 1.807) is 0 Å². The number of ether oxygens (including phenoxy) is 1. The van der Waals surface area contributed by atoms with Crippen molar-refractivity contribution in [3.63, 3.8) is 0 Å². The molecule has 0 aromatic heterocycles. The SMILES string of the molecule is O=C1OC(=O)c2c1c(Cl)c1c(Cl)c(Cl)c(Cl)c(Cl)c1c2Cl. The molecular formula is C12Cl6O3. The second-order valence-electron chi connectivity index (χ2n) is 4.06. The fraction of sp³-hybridized carbons (Fsp3) is 0. The lowest BCUT2D eigenvalue weighted by Crippen LogP contribution is -1.97. The average Bonchev–Trinajstić information content (AvgIpc) is 2.73. The number of benzene rings is 2. The predicted molar refractivity (Wildman–Crippen MR) is 83.8 cm³/mol. The normalized spacial score (nSPS) is 13.8. The van der Waals surface area contributed by atoms with Gasteiger partial charge in [-0.25, -0.2) is 9.59 Å². The second-order valence-corrected chi connectivity index (χ2v) is 6.33. The number of fused-ring (bicyclic) bond motifs is 2. The van der Waals surface area contributed by atoms with Crippen molar-refractivity contribution in [2.24, 2.45) is 0 Å². The smallest absolute Gasteiger partial charge is 0.348 e. The summed E-state index contributed by atoms with van der Waals surface area (Å²) in [4.78, 5) is 23.4. The first-order valence-electron chi connectivity index (χ1n) is 5.20. The molecule has 0 bridgehead atoms. The van der Waals surface area contributed by atoms with Gasteiger partial charge in [0, 0.05) is 10.8 Å². The van der Waals surface area contributed by atoms with Crippen molar-refractivity contribution in [1.82, 2.24) is 0 Å². The van der Waals surface area contributed by atoms with Gasteiger partial charge in [0.15, 0.2) is 0 Å². The molecule has 0 spiro atoms. The van der Waals surface area contributed by atoms with Crippen molar-refractivity contribution >= 4 is 92.3 Å². The molecule has 2 aromatic rings. The van der Waals surface area contributed by atoms with Gasteiger partial charge in [0.25, 0.3) is 0 Å². The molecule has 0 fully saturated rings. The Morgan fingerprint density at radius 3 is 1.19 bits per heavy atom. The largest absolute Gasteiger partial charge is 0.386 e. The van der Waals surface area contributed by atoms with E-state index < -0.39 is 11.9 Å². The average molecular weight is 405 g/mol. The Labute approximate surface area is 147 Å². The van der Waals surface area contributed by atoms with E-state index >= 15 is 0 Å². The molecule has 2 aromatic carbocycles. The first-order valence-corrected chi connectivity index (χ1v) is 7.47. The Hall–Kier alpha value is -0.420. The van der Waals surface area contributed by atoms with E-state index in [9.17, 15) is 9.59 Å². The van der Waals surface area contributed by atoms with Gasteiger partial charge in [-0.1, -0.05) is 69.6 Å². The van der Waals surface area contributed by atoms with Crippen LogP contribution in [-0.4, -0.2) is 11.9 Å². The van der Waals surface area contributed by atoms with Gasteiger partial charge in [0.1, 0.15) is 0 Å². The molecule has 21 heavy (non-hydrogen) atoms. The topological polar surface area (TPSA) is 43.4 Å². The molecule has 108 valence electrons. The quantitative estimate of drug-likeness (QED) is 0.231. The number of carbonyl (C=O) groups excluding carboxylic acids is 2. The molecule has 1 aliphatic heterocycles. The maximum absolute atomic E-state index is 11.7. The molecule has 1 heterocycles. The molecule has 0 saturated heterocycles. The van der Waals surface area contributed by atoms with Gasteiger partial charge in [0.2, 0.25) is 0 Å². The third-order valence-electron chi connectivity index (χ3n) is 2.99. The van der Waals surface area contributed by atoms with Crippen molar-refractivity contribution < 1.29 is 14.3 Å². The molecule has 3 rings (SSSR count). The molecule has 0 radical (unpaired) electrons. The van der Waals surface area contributed by atoms with Crippen LogP contribution in [0.1, 0.15) is 20.7 Å². The highest BCUT2D eigenvalue weighted by Crippen LogP contribution is 2.51. The van der Waals surface area contributed by atoms with Crippen LogP contribution in [0, 0.1) is 0 Å². The number of hydrogen-bond donors (Lipinski definition) is 0. The predicted octanol–water partition coefficient (Wildman–Crippen LogP) is 6.07. The van der Waals surface area contributed by atoms with E-state index in [1.165, 1.54) is 0 Å². The van der Waals surface area contributed by atoms with Gasteiger partial charge in [-0.15, -0.1) is 0 Å². The van der Waals surface area contributed by atoms with Crippen molar-refractivity contribution in [3.05, 3.63) is 41.3 Å². The lowest BCUT2D eigenvalue weighted by molar-refractivity contribution is 0.0444. The summed E-state index contributed by atoms with van der Waals surface area (Å²) in [5.74, 6) is -1.83. The Morgan fingerprint density at radius 2 is 0.857 bits per heavy atom. The zero-order valence-corrected chi connectivity index (χ0v) is 14.0. The Kier molecular flexibility index (Phi) is 3.72. The van der Waals surface area contributed by atoms with Crippen LogP contribution in [0.5, 0.6) is 0 Å². The van der Waals surface area contributed by atoms with Gasteiger partial charge in [0.05, 0.1) is 41.3 Å². The molecule has 0 amide bonds. The molecule has 0 aliphatic carbocycles. The molecule has 3 nitrogen and oxygen atoms in total. The third kappa shape index (κ3) is 1.96. The highest BCUT2D eigenvalue weighted by molar-refractivity contribution is 6.59. The monoisotopic (exact) mass is 402 g/mol. The third-order valence-corrected chi connectivity index (χ3v) is 5.55. The van der Waals surface area contributed by atoms with Gasteiger partial charge >= 0.3 is 11.9 Å². The Balaban J connectivity index is 2.68. The lowest BCUT2D eigenvalue weighted by Gasteiger charge is -2.13. The minimum atomic E-state index is -0.915. The van der Waals surface area contributed by atoms with Gasteiger partial charge in [-0.05, 0) is 0 Å². The van der Waals surface area contributed by atoms with Crippen LogP contribution in [-0.2, 0) is 4.74 Å². The van der Waals surface area contributed by atoms with Crippen molar-refractivity contribution in [1.29, 1.82) is 0 Å². The second kappa shape index (κ2) is 5.05. The zero-order valence-electron chi connectivity index (χ0n) is 9.49.